The summed E-state index contributed by atoms with van der Waals surface area (Å²) in [5.74, 6) is -2.37. The zero-order valence-electron chi connectivity index (χ0n) is 18.0. The molecular weight excluding hydrogens is 559 g/mol. The van der Waals surface area contributed by atoms with Crippen molar-refractivity contribution in [1.29, 1.82) is 0 Å². The van der Waals surface area contributed by atoms with Gasteiger partial charge in [0.2, 0.25) is 0 Å². The molecule has 2 aromatic carbocycles. The van der Waals surface area contributed by atoms with Gasteiger partial charge in [0.15, 0.2) is 5.78 Å². The van der Waals surface area contributed by atoms with Gasteiger partial charge in [-0.3, -0.25) is 4.79 Å². The molecule has 0 amide bonds. The van der Waals surface area contributed by atoms with E-state index in [1.807, 2.05) is 5.32 Å². The molecule has 190 valence electrons. The van der Waals surface area contributed by atoms with Gasteiger partial charge in [0.1, 0.15) is 6.54 Å². The molecule has 1 unspecified atom stereocenters. The number of aryl methyl sites for hydroxylation is 1. The molecule has 0 aliphatic carbocycles. The minimum absolute atomic E-state index is 0.0465. The molecule has 0 spiro atoms. The summed E-state index contributed by atoms with van der Waals surface area (Å²) in [5, 5.41) is 1.78. The van der Waals surface area contributed by atoms with Crippen LogP contribution in [0.2, 0.25) is 15.1 Å². The number of rotatable bonds is 8. The van der Waals surface area contributed by atoms with Gasteiger partial charge in [-0.15, -0.1) is 0 Å². The largest absolute Gasteiger partial charge is 0.405 e. The Kier molecular flexibility index (Phi) is 10.0. The summed E-state index contributed by atoms with van der Waals surface area (Å²) in [7, 11) is 0. The number of thiocarbonyl (C=S) groups is 1. The van der Waals surface area contributed by atoms with E-state index in [0.29, 0.717) is 16.7 Å². The summed E-state index contributed by atoms with van der Waals surface area (Å²) in [6.07, 6.45) is -7.05. The lowest BCUT2D eigenvalue weighted by molar-refractivity contribution is -0.139. The first-order chi connectivity index (χ1) is 16.1. The van der Waals surface area contributed by atoms with Crippen molar-refractivity contribution in [3.05, 3.63) is 73.7 Å². The molecule has 0 saturated heterocycles. The van der Waals surface area contributed by atoms with E-state index in [-0.39, 0.29) is 44.2 Å². The maximum atomic E-state index is 13.7. The van der Waals surface area contributed by atoms with Crippen LogP contribution in [0.15, 0.2) is 36.4 Å². The molecule has 0 heterocycles. The maximum Gasteiger partial charge on any atom is 0.405 e. The van der Waals surface area contributed by atoms with Crippen LogP contribution in [0.1, 0.15) is 45.8 Å². The summed E-state index contributed by atoms with van der Waals surface area (Å²) in [4.78, 5) is 12.4. The van der Waals surface area contributed by atoms with Gasteiger partial charge >= 0.3 is 12.4 Å². The molecule has 2 aromatic rings. The Morgan fingerprint density at radius 2 is 1.63 bits per heavy atom. The molecule has 12 heteroatoms. The molecule has 0 fully saturated rings. The summed E-state index contributed by atoms with van der Waals surface area (Å²) < 4.78 is 77.8. The average molecular weight is 577 g/mol. The van der Waals surface area contributed by atoms with Crippen molar-refractivity contribution in [2.24, 2.45) is 0 Å². The Morgan fingerprint density at radius 1 is 1.03 bits per heavy atom. The minimum atomic E-state index is -4.64. The summed E-state index contributed by atoms with van der Waals surface area (Å²) in [5.41, 5.74) is 1.01. The van der Waals surface area contributed by atoms with Gasteiger partial charge in [0.25, 0.3) is 0 Å². The number of carbonyl (C=O) groups is 1. The van der Waals surface area contributed by atoms with Crippen LogP contribution in [0.5, 0.6) is 0 Å². The summed E-state index contributed by atoms with van der Waals surface area (Å²) in [6, 6.07) is 6.63. The third kappa shape index (κ3) is 8.97. The highest BCUT2D eigenvalue weighted by atomic mass is 35.5. The Morgan fingerprint density at radius 3 is 2.14 bits per heavy atom. The van der Waals surface area contributed by atoms with Crippen LogP contribution in [0.4, 0.5) is 26.3 Å². The monoisotopic (exact) mass is 575 g/mol. The van der Waals surface area contributed by atoms with Gasteiger partial charge in [-0.1, -0.05) is 77.4 Å². The van der Waals surface area contributed by atoms with Crippen molar-refractivity contribution in [3.8, 4) is 0 Å². The van der Waals surface area contributed by atoms with Gasteiger partial charge in [0.05, 0.1) is 26.0 Å². The van der Waals surface area contributed by atoms with Crippen LogP contribution in [0, 0.1) is 6.92 Å². The van der Waals surface area contributed by atoms with Gasteiger partial charge in [-0.25, -0.2) is 0 Å². The van der Waals surface area contributed by atoms with Crippen LogP contribution in [-0.4, -0.2) is 29.7 Å². The molecular formula is C23H18Cl3F6NOS. The number of hydrogen-bond donors (Lipinski definition) is 1. The molecule has 0 bridgehead atoms. The highest BCUT2D eigenvalue weighted by Gasteiger charge is 2.39. The average Bonchev–Trinajstić information content (AvgIpc) is 2.73. The predicted octanol–water partition coefficient (Wildman–Crippen LogP) is 8.76. The second-order valence-electron chi connectivity index (χ2n) is 7.57. The fourth-order valence-corrected chi connectivity index (χ4v) is 3.91. The fourth-order valence-electron chi connectivity index (χ4n) is 3.12. The Hall–Kier alpha value is -1.81. The Bertz CT molecular complexity index is 1110. The Balaban J connectivity index is 2.15. The zero-order chi connectivity index (χ0) is 26.6. The molecule has 1 N–H and O–H groups in total. The van der Waals surface area contributed by atoms with Gasteiger partial charge in [-0.2, -0.15) is 26.3 Å². The lowest BCUT2D eigenvalue weighted by atomic mass is 9.95. The van der Waals surface area contributed by atoms with Gasteiger partial charge in [-0.05, 0) is 35.7 Å². The van der Waals surface area contributed by atoms with E-state index in [2.05, 4.69) is 0 Å². The van der Waals surface area contributed by atoms with Crippen molar-refractivity contribution in [1.82, 2.24) is 5.32 Å². The van der Waals surface area contributed by atoms with E-state index >= 15 is 0 Å². The van der Waals surface area contributed by atoms with E-state index in [1.165, 1.54) is 24.3 Å². The number of halogens is 9. The fraction of sp³-hybridized carbons (Fsp3) is 0.304. The second kappa shape index (κ2) is 12.0. The van der Waals surface area contributed by atoms with E-state index in [9.17, 15) is 31.1 Å². The minimum Gasteiger partial charge on any atom is -0.371 e. The number of carbonyl (C=O) groups excluding carboxylic acids is 1. The molecule has 0 aliphatic rings. The smallest absolute Gasteiger partial charge is 0.371 e. The lowest BCUT2D eigenvalue weighted by Crippen LogP contribution is -2.32. The number of hydrogen-bond acceptors (Lipinski definition) is 2. The second-order valence-corrected chi connectivity index (χ2v) is 9.25. The van der Waals surface area contributed by atoms with Gasteiger partial charge in [0, 0.05) is 18.4 Å². The van der Waals surface area contributed by atoms with Crippen molar-refractivity contribution in [2.45, 2.75) is 38.0 Å². The molecule has 0 aromatic heterocycles. The zero-order valence-corrected chi connectivity index (χ0v) is 21.0. The maximum absolute atomic E-state index is 13.7. The number of Topliss-reactive ketones (excluding diaryl/α,β-unsaturated/α-hetero) is 1. The molecule has 2 rings (SSSR count). The standard InChI is InChI=1S/C23H18Cl3F6NOS/c1-12-8-13(2-4-15(12)19(34)6-7-20(35)33-11-22(27,28)29)3-5-16(23(30,31)32)14-9-17(24)21(26)18(25)10-14/h2-5,8-10,16H,6-7,11H2,1H3,(H,33,35)/b5-3+. The lowest BCUT2D eigenvalue weighted by Gasteiger charge is -2.18. The van der Waals surface area contributed by atoms with Crippen LogP contribution in [0.25, 0.3) is 6.08 Å². The van der Waals surface area contributed by atoms with E-state index in [4.69, 9.17) is 47.0 Å². The number of benzene rings is 2. The molecule has 2 nitrogen and oxygen atoms in total. The van der Waals surface area contributed by atoms with Crippen LogP contribution in [0.3, 0.4) is 0 Å². The highest BCUT2D eigenvalue weighted by molar-refractivity contribution is 7.80. The van der Waals surface area contributed by atoms with Crippen molar-refractivity contribution in [3.63, 3.8) is 0 Å². The molecule has 0 aliphatic heterocycles. The number of alkyl halides is 6. The number of ketones is 1. The first kappa shape index (κ1) is 29.4. The van der Waals surface area contributed by atoms with Crippen molar-refractivity contribution >= 4 is 63.9 Å². The topological polar surface area (TPSA) is 29.1 Å². The van der Waals surface area contributed by atoms with E-state index < -0.39 is 24.8 Å². The summed E-state index contributed by atoms with van der Waals surface area (Å²) >= 11 is 22.4. The van der Waals surface area contributed by atoms with E-state index in [0.717, 1.165) is 18.2 Å². The van der Waals surface area contributed by atoms with Gasteiger partial charge < -0.3 is 5.32 Å². The van der Waals surface area contributed by atoms with E-state index in [1.54, 1.807) is 6.92 Å². The Labute approximate surface area is 218 Å². The van der Waals surface area contributed by atoms with Crippen molar-refractivity contribution < 1.29 is 31.1 Å². The molecule has 0 saturated carbocycles. The van der Waals surface area contributed by atoms with Crippen LogP contribution in [-0.2, 0) is 0 Å². The molecule has 35 heavy (non-hydrogen) atoms. The molecule has 1 atom stereocenters. The quantitative estimate of drug-likeness (QED) is 0.147. The number of nitrogens with one attached hydrogen (secondary N) is 1. The highest BCUT2D eigenvalue weighted by Crippen LogP contribution is 2.41. The first-order valence-electron chi connectivity index (χ1n) is 9.95. The molecule has 0 radical (unpaired) electrons. The normalized spacial score (nSPS) is 13.2. The SMILES string of the molecule is Cc1cc(/C=C/C(c2cc(Cl)c(Cl)c(Cl)c2)C(F)(F)F)ccc1C(=O)CCC(=S)NCC(F)(F)F. The van der Waals surface area contributed by atoms with Crippen LogP contribution < -0.4 is 5.32 Å². The third-order valence-electron chi connectivity index (χ3n) is 4.82. The predicted molar refractivity (Wildman–Crippen MR) is 131 cm³/mol. The third-order valence-corrected chi connectivity index (χ3v) is 6.36. The summed E-state index contributed by atoms with van der Waals surface area (Å²) in [6.45, 7) is 0.318. The number of allylic oxidation sites excluding steroid dienone is 1. The van der Waals surface area contributed by atoms with Crippen molar-refractivity contribution in [2.75, 3.05) is 6.54 Å². The van der Waals surface area contributed by atoms with Crippen LogP contribution >= 0.6 is 47.0 Å². The first-order valence-corrected chi connectivity index (χ1v) is 11.5.